The zero-order valence-electron chi connectivity index (χ0n) is 11.4. The molecule has 0 saturated heterocycles. The van der Waals surface area contributed by atoms with E-state index in [9.17, 15) is 0 Å². The van der Waals surface area contributed by atoms with Crippen molar-refractivity contribution in [1.29, 1.82) is 0 Å². The molecule has 1 aromatic rings. The van der Waals surface area contributed by atoms with E-state index in [-0.39, 0.29) is 6.10 Å². The molecule has 1 aromatic carbocycles. The Labute approximate surface area is 115 Å². The van der Waals surface area contributed by atoms with Gasteiger partial charge in [-0.15, -0.1) is 0 Å². The summed E-state index contributed by atoms with van der Waals surface area (Å²) in [7, 11) is 0. The van der Waals surface area contributed by atoms with Crippen LogP contribution < -0.4 is 10.1 Å². The molecule has 0 amide bonds. The van der Waals surface area contributed by atoms with Gasteiger partial charge in [0.15, 0.2) is 0 Å². The molecule has 18 heavy (non-hydrogen) atoms. The van der Waals surface area contributed by atoms with Crippen LogP contribution >= 0.6 is 11.6 Å². The highest BCUT2D eigenvalue weighted by molar-refractivity contribution is 6.32. The van der Waals surface area contributed by atoms with Crippen molar-refractivity contribution < 1.29 is 4.74 Å². The topological polar surface area (TPSA) is 21.3 Å². The summed E-state index contributed by atoms with van der Waals surface area (Å²) < 4.78 is 6.07. The second-order valence-corrected chi connectivity index (χ2v) is 5.92. The van der Waals surface area contributed by atoms with E-state index in [0.29, 0.717) is 17.0 Å². The van der Waals surface area contributed by atoms with Gasteiger partial charge < -0.3 is 10.1 Å². The third kappa shape index (κ3) is 3.89. The predicted molar refractivity (Wildman–Crippen MR) is 76.5 cm³/mol. The van der Waals surface area contributed by atoms with Gasteiger partial charge in [0.2, 0.25) is 0 Å². The summed E-state index contributed by atoms with van der Waals surface area (Å²) in [6.45, 7) is 7.31. The molecule has 1 atom stereocenters. The van der Waals surface area contributed by atoms with Gasteiger partial charge in [-0.05, 0) is 43.4 Å². The first kappa shape index (κ1) is 13.7. The quantitative estimate of drug-likeness (QED) is 0.846. The Morgan fingerprint density at radius 2 is 2.11 bits per heavy atom. The van der Waals surface area contributed by atoms with Gasteiger partial charge in [-0.2, -0.15) is 0 Å². The Morgan fingerprint density at radius 1 is 1.39 bits per heavy atom. The number of benzene rings is 1. The molecule has 2 rings (SSSR count). The molecule has 1 fully saturated rings. The maximum Gasteiger partial charge on any atom is 0.138 e. The van der Waals surface area contributed by atoms with Gasteiger partial charge in [0.25, 0.3) is 0 Å². The lowest BCUT2D eigenvalue weighted by atomic mass is 10.1. The highest BCUT2D eigenvalue weighted by Gasteiger charge is 2.24. The molecule has 0 aromatic heterocycles. The van der Waals surface area contributed by atoms with Crippen molar-refractivity contribution in [2.24, 2.45) is 5.92 Å². The normalized spacial score (nSPS) is 16.9. The highest BCUT2D eigenvalue weighted by Crippen LogP contribution is 2.27. The van der Waals surface area contributed by atoms with Gasteiger partial charge in [0.1, 0.15) is 11.9 Å². The monoisotopic (exact) mass is 267 g/mol. The van der Waals surface area contributed by atoms with Crippen molar-refractivity contribution in [3.63, 3.8) is 0 Å². The van der Waals surface area contributed by atoms with Crippen LogP contribution in [0.15, 0.2) is 18.2 Å². The Hall–Kier alpha value is -0.730. The van der Waals surface area contributed by atoms with Crippen molar-refractivity contribution in [2.45, 2.75) is 45.8 Å². The fourth-order valence-corrected chi connectivity index (χ4v) is 2.01. The van der Waals surface area contributed by atoms with Crippen LogP contribution in [0.1, 0.15) is 32.3 Å². The molecular formula is C15H22ClNO. The summed E-state index contributed by atoms with van der Waals surface area (Å²) in [5, 5.41) is 4.22. The number of ether oxygens (including phenoxy) is 1. The zero-order chi connectivity index (χ0) is 13.1. The van der Waals surface area contributed by atoms with E-state index in [0.717, 1.165) is 12.3 Å². The third-order valence-corrected chi connectivity index (χ3v) is 3.61. The van der Waals surface area contributed by atoms with E-state index < -0.39 is 0 Å². The number of hydrogen-bond acceptors (Lipinski definition) is 2. The highest BCUT2D eigenvalue weighted by atomic mass is 35.5. The molecular weight excluding hydrogens is 246 g/mol. The van der Waals surface area contributed by atoms with E-state index >= 15 is 0 Å². The van der Waals surface area contributed by atoms with E-state index in [1.54, 1.807) is 0 Å². The van der Waals surface area contributed by atoms with Crippen LogP contribution in [0.3, 0.4) is 0 Å². The van der Waals surface area contributed by atoms with E-state index in [2.05, 4.69) is 26.1 Å². The summed E-state index contributed by atoms with van der Waals surface area (Å²) in [5.74, 6) is 1.26. The molecule has 0 aliphatic heterocycles. The SMILES string of the molecule is Cc1ccc(Cl)c(OC(CNC2CC2)C(C)C)c1. The van der Waals surface area contributed by atoms with Crippen molar-refractivity contribution in [3.8, 4) is 5.75 Å². The predicted octanol–water partition coefficient (Wildman–Crippen LogP) is 3.80. The Kier molecular flexibility index (Phi) is 4.52. The van der Waals surface area contributed by atoms with Crippen LogP contribution in [-0.4, -0.2) is 18.7 Å². The van der Waals surface area contributed by atoms with Crippen LogP contribution in [0.4, 0.5) is 0 Å². The minimum Gasteiger partial charge on any atom is -0.487 e. The lowest BCUT2D eigenvalue weighted by molar-refractivity contribution is 0.148. The lowest BCUT2D eigenvalue weighted by Crippen LogP contribution is -2.36. The van der Waals surface area contributed by atoms with E-state index in [4.69, 9.17) is 16.3 Å². The number of hydrogen-bond donors (Lipinski definition) is 1. The number of halogens is 1. The zero-order valence-corrected chi connectivity index (χ0v) is 12.1. The summed E-state index contributed by atoms with van der Waals surface area (Å²) in [6.07, 6.45) is 2.77. The smallest absolute Gasteiger partial charge is 0.138 e. The maximum atomic E-state index is 6.17. The molecule has 0 heterocycles. The fraction of sp³-hybridized carbons (Fsp3) is 0.600. The van der Waals surface area contributed by atoms with E-state index in [1.165, 1.54) is 18.4 Å². The molecule has 0 bridgehead atoms. The standard InChI is InChI=1S/C15H22ClNO/c1-10(2)15(9-17-12-5-6-12)18-14-8-11(3)4-7-13(14)16/h4,7-8,10,12,15,17H,5-6,9H2,1-3H3. The lowest BCUT2D eigenvalue weighted by Gasteiger charge is -2.24. The third-order valence-electron chi connectivity index (χ3n) is 3.29. The minimum absolute atomic E-state index is 0.171. The summed E-state index contributed by atoms with van der Waals surface area (Å²) >= 11 is 6.17. The molecule has 1 saturated carbocycles. The van der Waals surface area contributed by atoms with Gasteiger partial charge in [-0.3, -0.25) is 0 Å². The number of nitrogens with one attached hydrogen (secondary N) is 1. The molecule has 0 spiro atoms. The largest absolute Gasteiger partial charge is 0.487 e. The van der Waals surface area contributed by atoms with Crippen LogP contribution in [-0.2, 0) is 0 Å². The Bertz CT molecular complexity index is 401. The molecule has 0 radical (unpaired) electrons. The Balaban J connectivity index is 1.99. The van der Waals surface area contributed by atoms with Crippen LogP contribution in [0.2, 0.25) is 5.02 Å². The number of aryl methyl sites for hydroxylation is 1. The van der Waals surface area contributed by atoms with Crippen LogP contribution in [0.25, 0.3) is 0 Å². The van der Waals surface area contributed by atoms with Crippen molar-refractivity contribution in [1.82, 2.24) is 5.32 Å². The van der Waals surface area contributed by atoms with Gasteiger partial charge in [-0.25, -0.2) is 0 Å². The van der Waals surface area contributed by atoms with Gasteiger partial charge >= 0.3 is 0 Å². The second kappa shape index (κ2) is 5.94. The minimum atomic E-state index is 0.171. The van der Waals surface area contributed by atoms with Gasteiger partial charge in [-0.1, -0.05) is 31.5 Å². The average Bonchev–Trinajstić information content (AvgIpc) is 3.12. The first-order chi connectivity index (χ1) is 8.56. The molecule has 2 nitrogen and oxygen atoms in total. The summed E-state index contributed by atoms with van der Waals surface area (Å²) in [5.41, 5.74) is 1.17. The maximum absolute atomic E-state index is 6.17. The second-order valence-electron chi connectivity index (χ2n) is 5.52. The molecule has 1 unspecified atom stereocenters. The molecule has 1 aliphatic rings. The molecule has 3 heteroatoms. The van der Waals surface area contributed by atoms with Crippen LogP contribution in [0.5, 0.6) is 5.75 Å². The molecule has 100 valence electrons. The average molecular weight is 268 g/mol. The van der Waals surface area contributed by atoms with Crippen molar-refractivity contribution in [3.05, 3.63) is 28.8 Å². The van der Waals surface area contributed by atoms with Gasteiger partial charge in [0.05, 0.1) is 5.02 Å². The number of rotatable bonds is 6. The van der Waals surface area contributed by atoms with E-state index in [1.807, 2.05) is 18.2 Å². The first-order valence-electron chi connectivity index (χ1n) is 6.72. The summed E-state index contributed by atoms with van der Waals surface area (Å²) in [4.78, 5) is 0. The van der Waals surface area contributed by atoms with Gasteiger partial charge in [0, 0.05) is 12.6 Å². The first-order valence-corrected chi connectivity index (χ1v) is 7.10. The molecule has 1 aliphatic carbocycles. The summed E-state index contributed by atoms with van der Waals surface area (Å²) in [6, 6.07) is 6.62. The Morgan fingerprint density at radius 3 is 2.72 bits per heavy atom. The molecule has 1 N–H and O–H groups in total. The van der Waals surface area contributed by atoms with Crippen molar-refractivity contribution >= 4 is 11.6 Å². The fourth-order valence-electron chi connectivity index (χ4n) is 1.85. The van der Waals surface area contributed by atoms with Crippen LogP contribution in [0, 0.1) is 12.8 Å². The van der Waals surface area contributed by atoms with Crippen molar-refractivity contribution in [2.75, 3.05) is 6.54 Å².